The van der Waals surface area contributed by atoms with Crippen LogP contribution in [0.4, 0.5) is 10.5 Å². The molecule has 290 valence electrons. The molecule has 0 aromatic heterocycles. The van der Waals surface area contributed by atoms with Gasteiger partial charge in [-0.2, -0.15) is 0 Å². The van der Waals surface area contributed by atoms with Gasteiger partial charge in [-0.1, -0.05) is 63.3 Å². The van der Waals surface area contributed by atoms with Gasteiger partial charge in [-0.3, -0.25) is 4.79 Å². The molecule has 53 heavy (non-hydrogen) atoms. The number of aliphatic hydroxyl groups is 2. The van der Waals surface area contributed by atoms with Crippen LogP contribution in [0.3, 0.4) is 0 Å². The van der Waals surface area contributed by atoms with Crippen LogP contribution < -0.4 is 10.6 Å². The number of fused-ring (bicyclic) bond motifs is 2. The molecule has 4 N–H and O–H groups in total. The van der Waals surface area contributed by atoms with E-state index in [9.17, 15) is 19.8 Å². The molecule has 11 atom stereocenters. The minimum Gasteiger partial charge on any atom is -0.462 e. The van der Waals surface area contributed by atoms with Gasteiger partial charge >= 0.3 is 12.0 Å². The number of rotatable bonds is 6. The fourth-order valence-corrected chi connectivity index (χ4v) is 8.75. The summed E-state index contributed by atoms with van der Waals surface area (Å²) < 4.78 is 32.5. The smallest absolute Gasteiger partial charge is 0.318 e. The third kappa shape index (κ3) is 8.50. The van der Waals surface area contributed by atoms with Crippen LogP contribution in [0.25, 0.3) is 0 Å². The van der Waals surface area contributed by atoms with Crippen LogP contribution in [0.15, 0.2) is 71.4 Å². The zero-order valence-electron chi connectivity index (χ0n) is 32.0. The molecule has 1 aromatic rings. The van der Waals surface area contributed by atoms with E-state index in [1.807, 2.05) is 36.4 Å². The number of anilines is 1. The van der Waals surface area contributed by atoms with Gasteiger partial charge in [0.1, 0.15) is 29.8 Å². The van der Waals surface area contributed by atoms with Crippen molar-refractivity contribution in [3.63, 3.8) is 0 Å². The zero-order chi connectivity index (χ0) is 37.9. The monoisotopic (exact) mass is 734 g/mol. The molecular weight excluding hydrogens is 676 g/mol. The lowest BCUT2D eigenvalue weighted by molar-refractivity contribution is -0.335. The second-order valence-corrected chi connectivity index (χ2v) is 15.7. The van der Waals surface area contributed by atoms with Crippen LogP contribution >= 0.6 is 0 Å². The van der Waals surface area contributed by atoms with E-state index in [-0.39, 0.29) is 36.9 Å². The highest BCUT2D eigenvalue weighted by molar-refractivity contribution is 5.89. The summed E-state index contributed by atoms with van der Waals surface area (Å²) >= 11 is 0. The number of carbonyl (C=O) groups excluding carboxylic acids is 2. The predicted molar refractivity (Wildman–Crippen MR) is 201 cm³/mol. The summed E-state index contributed by atoms with van der Waals surface area (Å²) in [5.41, 5.74) is 2.09. The molecule has 0 unspecified atom stereocenters. The average Bonchev–Trinajstić information content (AvgIpc) is 3.47. The molecular formula is C42H58N2O9. The highest BCUT2D eigenvalue weighted by Crippen LogP contribution is 2.47. The lowest BCUT2D eigenvalue weighted by atomic mass is 9.71. The van der Waals surface area contributed by atoms with Crippen molar-refractivity contribution in [2.24, 2.45) is 17.8 Å². The summed E-state index contributed by atoms with van der Waals surface area (Å²) in [6, 6.07) is 7.44. The maximum absolute atomic E-state index is 14.2. The van der Waals surface area contributed by atoms with E-state index in [2.05, 4.69) is 44.4 Å². The van der Waals surface area contributed by atoms with Crippen molar-refractivity contribution >= 4 is 17.7 Å². The number of esters is 1. The molecule has 1 spiro atoms. The average molecular weight is 735 g/mol. The van der Waals surface area contributed by atoms with Crippen molar-refractivity contribution in [1.82, 2.24) is 5.32 Å². The number of hydrogen-bond donors (Lipinski definition) is 4. The first-order valence-corrected chi connectivity index (χ1v) is 19.4. The Hall–Kier alpha value is -3.32. The largest absolute Gasteiger partial charge is 0.462 e. The maximum atomic E-state index is 14.2. The van der Waals surface area contributed by atoms with Crippen molar-refractivity contribution in [2.75, 3.05) is 25.6 Å². The first-order chi connectivity index (χ1) is 25.4. The normalized spacial score (nSPS) is 40.1. The quantitative estimate of drug-likeness (QED) is 0.207. The van der Waals surface area contributed by atoms with Gasteiger partial charge in [-0.25, -0.2) is 4.79 Å². The number of urea groups is 1. The van der Waals surface area contributed by atoms with Crippen LogP contribution in [0.1, 0.15) is 78.7 Å². The number of carbonyl (C=O) groups is 2. The molecule has 1 aromatic carbocycles. The Morgan fingerprint density at radius 2 is 1.94 bits per heavy atom. The van der Waals surface area contributed by atoms with Crippen molar-refractivity contribution < 1.29 is 43.5 Å². The van der Waals surface area contributed by atoms with Crippen molar-refractivity contribution in [3.05, 3.63) is 76.9 Å². The van der Waals surface area contributed by atoms with Crippen LogP contribution in [-0.2, 0) is 34.9 Å². The van der Waals surface area contributed by atoms with Gasteiger partial charge in [0.15, 0.2) is 5.79 Å². The second kappa shape index (κ2) is 16.6. The van der Waals surface area contributed by atoms with Crippen LogP contribution in [0, 0.1) is 17.8 Å². The highest BCUT2D eigenvalue weighted by atomic mass is 16.7. The Bertz CT molecular complexity index is 1620. The Morgan fingerprint density at radius 1 is 1.13 bits per heavy atom. The van der Waals surface area contributed by atoms with Gasteiger partial charge in [0.25, 0.3) is 0 Å². The number of aliphatic hydroxyl groups excluding tert-OH is 1. The lowest BCUT2D eigenvalue weighted by Gasteiger charge is -2.50. The number of allylic oxidation sites excluding steroid dienone is 2. The van der Waals surface area contributed by atoms with Crippen LogP contribution in [0.5, 0.6) is 0 Å². The van der Waals surface area contributed by atoms with E-state index in [0.717, 1.165) is 24.0 Å². The molecule has 5 aliphatic rings. The molecule has 0 radical (unpaired) electrons. The van der Waals surface area contributed by atoms with E-state index in [0.29, 0.717) is 61.5 Å². The van der Waals surface area contributed by atoms with E-state index in [1.54, 1.807) is 26.1 Å². The van der Waals surface area contributed by atoms with E-state index >= 15 is 0 Å². The predicted octanol–water partition coefficient (Wildman–Crippen LogP) is 5.91. The highest BCUT2D eigenvalue weighted by Gasteiger charge is 2.60. The number of nitrogens with one attached hydrogen (secondary N) is 2. The number of ether oxygens (including phenoxy) is 5. The number of amides is 2. The molecule has 11 nitrogen and oxygen atoms in total. The molecule has 6 rings (SSSR count). The Labute approximate surface area is 313 Å². The first-order valence-electron chi connectivity index (χ1n) is 19.4. The van der Waals surface area contributed by atoms with Crippen molar-refractivity contribution in [2.45, 2.75) is 128 Å². The zero-order valence-corrected chi connectivity index (χ0v) is 32.0. The molecule has 2 amide bonds. The minimum absolute atomic E-state index is 0.0369. The number of hydrogen-bond acceptors (Lipinski definition) is 9. The Morgan fingerprint density at radius 3 is 2.72 bits per heavy atom. The summed E-state index contributed by atoms with van der Waals surface area (Å²) in [5.74, 6) is -2.15. The molecule has 1 aliphatic carbocycles. The first kappa shape index (κ1) is 39.4. The minimum atomic E-state index is -1.78. The van der Waals surface area contributed by atoms with Crippen LogP contribution in [-0.4, -0.2) is 90.5 Å². The molecule has 3 fully saturated rings. The van der Waals surface area contributed by atoms with Gasteiger partial charge in [0, 0.05) is 37.9 Å². The molecule has 0 saturated carbocycles. The molecule has 11 heteroatoms. The second-order valence-electron chi connectivity index (χ2n) is 15.7. The molecule has 4 heterocycles. The van der Waals surface area contributed by atoms with Gasteiger partial charge in [0.2, 0.25) is 0 Å². The van der Waals surface area contributed by atoms with Gasteiger partial charge in [-0.05, 0) is 79.9 Å². The summed E-state index contributed by atoms with van der Waals surface area (Å²) in [4.78, 5) is 26.0. The number of benzene rings is 1. The summed E-state index contributed by atoms with van der Waals surface area (Å²) in [6.45, 7) is 10.8. The fraction of sp³-hybridized carbons (Fsp3) is 0.619. The standard InChI is InChI=1S/C42H58N2O9/c1-7-35-25(2)16-18-41(53-35)23-33-22-32(52-41)15-14-27(4)37(49-19-17-29-11-9-13-31(21-29)44-40(47)43-6)26(3)10-8-12-30-24-50-38-36(45)28(5)20-34(39(46)51-33)42(30,38)48/h8-14,20-21,25-26,32-38,45,48H,7,15-19,22-24H2,1-6H3,(H2,43,44,47)/b10-8+,27-14+,30-12+/t25-,26-,32+,33-,34-,35+,36+,37+,38+,41+,42+/m0/s1. The maximum Gasteiger partial charge on any atom is 0.318 e. The summed E-state index contributed by atoms with van der Waals surface area (Å²) in [5, 5.41) is 28.8. The van der Waals surface area contributed by atoms with Gasteiger partial charge in [-0.15, -0.1) is 0 Å². The topological polar surface area (TPSA) is 145 Å². The summed E-state index contributed by atoms with van der Waals surface area (Å²) in [6.07, 6.45) is 11.1. The third-order valence-corrected chi connectivity index (χ3v) is 11.8. The van der Waals surface area contributed by atoms with E-state index in [4.69, 9.17) is 23.7 Å². The SMILES string of the molecule is CC[C@H]1O[C@]2(CC[C@@H]1C)C[C@@H]1C[C@@H](C/C=C(\C)[C@H](OCCc3cccc(NC(=O)NC)c3)[C@@H](C)/C=C/C=C3\CO[C@@H]4[C@H](O)C(C)=C[C@@H](C(=O)O1)[C@]34O)O2. The van der Waals surface area contributed by atoms with Gasteiger partial charge < -0.3 is 44.5 Å². The third-order valence-electron chi connectivity index (χ3n) is 11.8. The van der Waals surface area contributed by atoms with E-state index < -0.39 is 41.6 Å². The fourth-order valence-electron chi connectivity index (χ4n) is 8.75. The summed E-state index contributed by atoms with van der Waals surface area (Å²) in [7, 11) is 1.58. The van der Waals surface area contributed by atoms with Crippen LogP contribution in [0.2, 0.25) is 0 Å². The molecule has 4 aliphatic heterocycles. The van der Waals surface area contributed by atoms with Gasteiger partial charge in [0.05, 0.1) is 31.5 Å². The Kier molecular flexibility index (Phi) is 12.3. The van der Waals surface area contributed by atoms with Crippen molar-refractivity contribution in [3.8, 4) is 0 Å². The molecule has 3 saturated heterocycles. The van der Waals surface area contributed by atoms with Crippen molar-refractivity contribution in [1.29, 1.82) is 0 Å². The Balaban J connectivity index is 1.31. The molecule has 2 bridgehead atoms. The van der Waals surface area contributed by atoms with E-state index in [1.165, 1.54) is 0 Å². The lowest BCUT2D eigenvalue weighted by Crippen LogP contribution is -2.58.